The Labute approximate surface area is 133 Å². The number of rotatable bonds is 0. The lowest BCUT2D eigenvalue weighted by molar-refractivity contribution is -0.0136. The topological polar surface area (TPSA) is 79.3 Å². The van der Waals surface area contributed by atoms with Crippen LogP contribution in [0, 0.1) is 17.2 Å². The van der Waals surface area contributed by atoms with Crippen molar-refractivity contribution in [3.8, 4) is 6.07 Å². The normalized spacial score (nSPS) is 26.9. The first-order valence-corrected chi connectivity index (χ1v) is 8.39. The summed E-state index contributed by atoms with van der Waals surface area (Å²) in [5.74, 6) is 1.14. The Balaban J connectivity index is 1.60. The third kappa shape index (κ3) is 1.66. The van der Waals surface area contributed by atoms with Crippen molar-refractivity contribution in [2.24, 2.45) is 5.92 Å². The monoisotopic (exact) mass is 317 g/mol. The van der Waals surface area contributed by atoms with E-state index in [-0.39, 0.29) is 11.5 Å². The molecule has 0 bridgehead atoms. The zero-order valence-corrected chi connectivity index (χ0v) is 13.8. The zero-order valence-electron chi connectivity index (χ0n) is 13.0. The Morgan fingerprint density at radius 1 is 1.50 bits per heavy atom. The summed E-state index contributed by atoms with van der Waals surface area (Å²) in [5.41, 5.74) is 7.27. The molecule has 1 saturated carbocycles. The molecular formula is C16H19N3O2S. The molecule has 1 aliphatic heterocycles. The van der Waals surface area contributed by atoms with E-state index in [1.54, 1.807) is 16.2 Å². The van der Waals surface area contributed by atoms with Gasteiger partial charge in [-0.2, -0.15) is 5.26 Å². The van der Waals surface area contributed by atoms with Gasteiger partial charge in [-0.25, -0.2) is 4.79 Å². The maximum Gasteiger partial charge on any atom is 0.410 e. The molecule has 2 heterocycles. The lowest BCUT2D eigenvalue weighted by atomic mass is 9.71. The Morgan fingerprint density at radius 2 is 2.18 bits per heavy atom. The summed E-state index contributed by atoms with van der Waals surface area (Å²) in [6, 6.07) is 2.27. The van der Waals surface area contributed by atoms with Crippen LogP contribution in [0.3, 0.4) is 0 Å². The average Bonchev–Trinajstić information content (AvgIpc) is 2.98. The largest absolute Gasteiger partial charge is 0.444 e. The van der Waals surface area contributed by atoms with Crippen LogP contribution < -0.4 is 5.73 Å². The van der Waals surface area contributed by atoms with Gasteiger partial charge in [-0.1, -0.05) is 0 Å². The van der Waals surface area contributed by atoms with Gasteiger partial charge >= 0.3 is 6.09 Å². The standard InChI is InChI=1S/C16H19N3O2S/c1-15(2,3)21-14(20)19-6-16(7-19)10-4-8(10)12-11(16)9(5-17)13(18)22-12/h8,10H,4,6-7,18H2,1-3H3. The number of thiophene rings is 1. The summed E-state index contributed by atoms with van der Waals surface area (Å²) in [7, 11) is 0. The van der Waals surface area contributed by atoms with Crippen molar-refractivity contribution < 1.29 is 9.53 Å². The number of hydrogen-bond acceptors (Lipinski definition) is 5. The minimum absolute atomic E-state index is 0.0455. The van der Waals surface area contributed by atoms with E-state index >= 15 is 0 Å². The number of nitriles is 1. The van der Waals surface area contributed by atoms with Crippen molar-refractivity contribution in [2.75, 3.05) is 18.8 Å². The second-order valence-electron chi connectivity index (χ2n) is 7.63. The molecular weight excluding hydrogens is 298 g/mol. The molecule has 1 amide bonds. The highest BCUT2D eigenvalue weighted by atomic mass is 32.1. The number of likely N-dealkylation sites (tertiary alicyclic amines) is 1. The molecule has 0 radical (unpaired) electrons. The van der Waals surface area contributed by atoms with Crippen molar-refractivity contribution in [1.29, 1.82) is 5.26 Å². The van der Waals surface area contributed by atoms with Gasteiger partial charge in [-0.05, 0) is 44.6 Å². The van der Waals surface area contributed by atoms with E-state index in [2.05, 4.69) is 6.07 Å². The molecule has 2 atom stereocenters. The summed E-state index contributed by atoms with van der Waals surface area (Å²) in [4.78, 5) is 15.2. The summed E-state index contributed by atoms with van der Waals surface area (Å²) in [6.07, 6.45) is 0.908. The van der Waals surface area contributed by atoms with Crippen molar-refractivity contribution in [1.82, 2.24) is 4.90 Å². The number of hydrogen-bond donors (Lipinski definition) is 1. The first-order chi connectivity index (χ1) is 10.3. The van der Waals surface area contributed by atoms with Crippen LogP contribution in [0.4, 0.5) is 9.80 Å². The molecule has 0 aromatic carbocycles. The fourth-order valence-electron chi connectivity index (χ4n) is 4.10. The van der Waals surface area contributed by atoms with Crippen LogP contribution in [-0.4, -0.2) is 29.7 Å². The van der Waals surface area contributed by atoms with Crippen LogP contribution in [0.1, 0.15) is 49.1 Å². The lowest BCUT2D eigenvalue weighted by Crippen LogP contribution is -2.62. The second-order valence-corrected chi connectivity index (χ2v) is 8.72. The van der Waals surface area contributed by atoms with Crippen molar-refractivity contribution in [3.05, 3.63) is 16.0 Å². The molecule has 6 heteroatoms. The van der Waals surface area contributed by atoms with Gasteiger partial charge in [0, 0.05) is 23.4 Å². The number of carbonyl (C=O) groups is 1. The summed E-state index contributed by atoms with van der Waals surface area (Å²) in [5, 5.41) is 10.1. The Morgan fingerprint density at radius 3 is 2.77 bits per heavy atom. The van der Waals surface area contributed by atoms with E-state index in [0.717, 1.165) is 5.56 Å². The van der Waals surface area contributed by atoms with E-state index in [9.17, 15) is 10.1 Å². The molecule has 2 N–H and O–H groups in total. The molecule has 22 heavy (non-hydrogen) atoms. The van der Waals surface area contributed by atoms with Gasteiger partial charge in [0.05, 0.1) is 5.56 Å². The van der Waals surface area contributed by atoms with E-state index in [0.29, 0.717) is 35.5 Å². The van der Waals surface area contributed by atoms with Crippen LogP contribution in [0.25, 0.3) is 0 Å². The average molecular weight is 317 g/mol. The number of carbonyl (C=O) groups excluding carboxylic acids is 1. The Bertz CT molecular complexity index is 719. The fourth-order valence-corrected chi connectivity index (χ4v) is 5.40. The molecule has 4 rings (SSSR count). The number of anilines is 1. The Kier molecular flexibility index (Phi) is 2.50. The quantitative estimate of drug-likeness (QED) is 0.798. The summed E-state index contributed by atoms with van der Waals surface area (Å²) < 4.78 is 5.44. The maximum atomic E-state index is 12.2. The number of nitrogen functional groups attached to an aromatic ring is 1. The van der Waals surface area contributed by atoms with Gasteiger partial charge in [0.1, 0.15) is 16.7 Å². The van der Waals surface area contributed by atoms with Crippen molar-refractivity contribution >= 4 is 22.4 Å². The number of nitrogens with two attached hydrogens (primary N) is 1. The smallest absolute Gasteiger partial charge is 0.410 e. The molecule has 1 spiro atoms. The first kappa shape index (κ1) is 13.9. The lowest BCUT2D eigenvalue weighted by Gasteiger charge is -2.49. The number of amides is 1. The predicted molar refractivity (Wildman–Crippen MR) is 83.8 cm³/mol. The summed E-state index contributed by atoms with van der Waals surface area (Å²) in [6.45, 7) is 6.93. The summed E-state index contributed by atoms with van der Waals surface area (Å²) >= 11 is 1.57. The van der Waals surface area contributed by atoms with Crippen LogP contribution in [-0.2, 0) is 10.2 Å². The van der Waals surface area contributed by atoms with Gasteiger partial charge in [0.25, 0.3) is 0 Å². The molecule has 2 aliphatic carbocycles. The van der Waals surface area contributed by atoms with Crippen LogP contribution in [0.2, 0.25) is 0 Å². The Hall–Kier alpha value is -1.74. The van der Waals surface area contributed by atoms with Gasteiger partial charge < -0.3 is 15.4 Å². The molecule has 2 fully saturated rings. The van der Waals surface area contributed by atoms with E-state index in [1.807, 2.05) is 20.8 Å². The van der Waals surface area contributed by atoms with E-state index < -0.39 is 5.60 Å². The molecule has 1 saturated heterocycles. The third-order valence-electron chi connectivity index (χ3n) is 5.01. The SMILES string of the molecule is CC(C)(C)OC(=O)N1CC2(C1)c1c(sc(N)c1C#N)C1CC12. The fraction of sp³-hybridized carbons (Fsp3) is 0.625. The highest BCUT2D eigenvalue weighted by Gasteiger charge is 2.68. The van der Waals surface area contributed by atoms with Gasteiger partial charge in [-0.3, -0.25) is 0 Å². The van der Waals surface area contributed by atoms with E-state index in [4.69, 9.17) is 10.5 Å². The zero-order chi connectivity index (χ0) is 15.9. The predicted octanol–water partition coefficient (Wildman–Crippen LogP) is 2.81. The highest BCUT2D eigenvalue weighted by Crippen LogP contribution is 2.71. The number of ether oxygens (including phenoxy) is 1. The molecule has 5 nitrogen and oxygen atoms in total. The van der Waals surface area contributed by atoms with Gasteiger partial charge in [0.2, 0.25) is 0 Å². The highest BCUT2D eigenvalue weighted by molar-refractivity contribution is 7.16. The molecule has 116 valence electrons. The van der Waals surface area contributed by atoms with Gasteiger partial charge in [-0.15, -0.1) is 11.3 Å². The van der Waals surface area contributed by atoms with Crippen LogP contribution in [0.5, 0.6) is 0 Å². The number of fused-ring (bicyclic) bond motifs is 5. The second kappa shape index (κ2) is 3.96. The minimum atomic E-state index is -0.479. The molecule has 2 unspecified atom stereocenters. The number of nitrogens with zero attached hydrogens (tertiary/aromatic N) is 2. The maximum absolute atomic E-state index is 12.2. The molecule has 1 aromatic rings. The molecule has 3 aliphatic rings. The third-order valence-corrected chi connectivity index (χ3v) is 6.16. The minimum Gasteiger partial charge on any atom is -0.444 e. The molecule has 1 aromatic heterocycles. The van der Waals surface area contributed by atoms with Gasteiger partial charge in [0.15, 0.2) is 0 Å². The van der Waals surface area contributed by atoms with Crippen molar-refractivity contribution in [2.45, 2.75) is 44.1 Å². The first-order valence-electron chi connectivity index (χ1n) is 7.57. The van der Waals surface area contributed by atoms with Crippen LogP contribution >= 0.6 is 11.3 Å². The van der Waals surface area contributed by atoms with E-state index in [1.165, 1.54) is 11.3 Å². The van der Waals surface area contributed by atoms with Crippen LogP contribution in [0.15, 0.2) is 0 Å². The van der Waals surface area contributed by atoms with Crippen molar-refractivity contribution in [3.63, 3.8) is 0 Å².